The highest BCUT2D eigenvalue weighted by Crippen LogP contribution is 2.20. The third-order valence-corrected chi connectivity index (χ3v) is 3.70. The molecule has 1 N–H and O–H groups in total. The van der Waals surface area contributed by atoms with Crippen molar-refractivity contribution in [3.05, 3.63) is 12.4 Å². The van der Waals surface area contributed by atoms with Gasteiger partial charge >= 0.3 is 0 Å². The molecular formula is C10H15F2N3S. The van der Waals surface area contributed by atoms with Crippen LogP contribution in [-0.2, 0) is 6.54 Å². The van der Waals surface area contributed by atoms with Crippen LogP contribution >= 0.6 is 11.8 Å². The number of alkyl halides is 2. The lowest BCUT2D eigenvalue weighted by Gasteiger charge is -2.22. The van der Waals surface area contributed by atoms with Crippen LogP contribution in [0.5, 0.6) is 0 Å². The van der Waals surface area contributed by atoms with Crippen molar-refractivity contribution in [1.82, 2.24) is 9.78 Å². The Morgan fingerprint density at radius 1 is 1.62 bits per heavy atom. The Balaban J connectivity index is 1.86. The highest BCUT2D eigenvalue weighted by atomic mass is 32.2. The van der Waals surface area contributed by atoms with E-state index >= 15 is 0 Å². The average Bonchev–Trinajstić information content (AvgIpc) is 2.66. The zero-order valence-corrected chi connectivity index (χ0v) is 9.72. The lowest BCUT2D eigenvalue weighted by molar-refractivity contribution is 0.122. The van der Waals surface area contributed by atoms with Gasteiger partial charge in [-0.1, -0.05) is 0 Å². The van der Waals surface area contributed by atoms with E-state index in [9.17, 15) is 8.78 Å². The Bertz CT molecular complexity index is 324. The van der Waals surface area contributed by atoms with Gasteiger partial charge < -0.3 is 5.32 Å². The summed E-state index contributed by atoms with van der Waals surface area (Å²) in [5.74, 6) is 2.31. The molecule has 90 valence electrons. The number of nitrogens with zero attached hydrogens (tertiary/aromatic N) is 2. The molecule has 1 aromatic rings. The molecule has 6 heteroatoms. The summed E-state index contributed by atoms with van der Waals surface area (Å²) >= 11 is 1.93. The lowest BCUT2D eigenvalue weighted by atomic mass is 10.2. The standard InChI is InChI=1S/C10H15F2N3S/c11-10(12)6-15-5-9(4-13-15)14-8-2-1-3-16-7-8/h4-5,8,10,14H,1-3,6-7H2. The number of hydrogen-bond acceptors (Lipinski definition) is 3. The van der Waals surface area contributed by atoms with Crippen molar-refractivity contribution in [3.63, 3.8) is 0 Å². The van der Waals surface area contributed by atoms with E-state index in [0.29, 0.717) is 6.04 Å². The van der Waals surface area contributed by atoms with Crippen molar-refractivity contribution in [1.29, 1.82) is 0 Å². The molecule has 0 saturated carbocycles. The second-order valence-electron chi connectivity index (χ2n) is 3.90. The first-order chi connectivity index (χ1) is 7.74. The topological polar surface area (TPSA) is 29.9 Å². The molecular weight excluding hydrogens is 232 g/mol. The van der Waals surface area contributed by atoms with Gasteiger partial charge in [-0.3, -0.25) is 4.68 Å². The first-order valence-corrected chi connectivity index (χ1v) is 6.54. The number of anilines is 1. The van der Waals surface area contributed by atoms with Crippen LogP contribution < -0.4 is 5.32 Å². The molecule has 16 heavy (non-hydrogen) atoms. The number of aromatic nitrogens is 2. The summed E-state index contributed by atoms with van der Waals surface area (Å²) in [5.41, 5.74) is 0.841. The first kappa shape index (κ1) is 11.7. The van der Waals surface area contributed by atoms with Gasteiger partial charge in [0, 0.05) is 18.0 Å². The van der Waals surface area contributed by atoms with Crippen LogP contribution in [0.25, 0.3) is 0 Å². The van der Waals surface area contributed by atoms with Crippen molar-refractivity contribution in [2.75, 3.05) is 16.8 Å². The smallest absolute Gasteiger partial charge is 0.257 e. The molecule has 0 aliphatic carbocycles. The predicted molar refractivity (Wildman–Crippen MR) is 62.2 cm³/mol. The molecule has 0 radical (unpaired) electrons. The second-order valence-corrected chi connectivity index (χ2v) is 5.05. The fourth-order valence-corrected chi connectivity index (χ4v) is 2.84. The third kappa shape index (κ3) is 3.37. The summed E-state index contributed by atoms with van der Waals surface area (Å²) in [6.07, 6.45) is 3.27. The molecule has 1 aliphatic rings. The maximum absolute atomic E-state index is 12.1. The predicted octanol–water partition coefficient (Wildman–Crippen LogP) is 2.46. The zero-order valence-electron chi connectivity index (χ0n) is 8.90. The molecule has 1 saturated heterocycles. The molecule has 1 atom stereocenters. The first-order valence-electron chi connectivity index (χ1n) is 5.39. The second kappa shape index (κ2) is 5.52. The van der Waals surface area contributed by atoms with Crippen molar-refractivity contribution in [2.24, 2.45) is 0 Å². The van der Waals surface area contributed by atoms with Crippen LogP contribution in [0.1, 0.15) is 12.8 Å². The van der Waals surface area contributed by atoms with E-state index in [0.717, 1.165) is 17.9 Å². The minimum atomic E-state index is -2.35. The monoisotopic (exact) mass is 247 g/mol. The molecule has 1 aromatic heterocycles. The van der Waals surface area contributed by atoms with Crippen molar-refractivity contribution >= 4 is 17.4 Å². The molecule has 1 unspecified atom stereocenters. The molecule has 0 aromatic carbocycles. The summed E-state index contributed by atoms with van der Waals surface area (Å²) < 4.78 is 25.5. The number of hydrogen-bond donors (Lipinski definition) is 1. The summed E-state index contributed by atoms with van der Waals surface area (Å²) in [4.78, 5) is 0. The minimum absolute atomic E-state index is 0.332. The van der Waals surface area contributed by atoms with Gasteiger partial charge in [0.15, 0.2) is 0 Å². The Labute approximate surface area is 97.6 Å². The molecule has 0 bridgehead atoms. The van der Waals surface area contributed by atoms with Crippen LogP contribution in [0.2, 0.25) is 0 Å². The van der Waals surface area contributed by atoms with Crippen LogP contribution in [0, 0.1) is 0 Å². The number of thioether (sulfide) groups is 1. The van der Waals surface area contributed by atoms with Gasteiger partial charge in [-0.2, -0.15) is 16.9 Å². The normalized spacial score (nSPS) is 21.3. The van der Waals surface area contributed by atoms with Crippen LogP contribution in [0.3, 0.4) is 0 Å². The number of rotatable bonds is 4. The molecule has 0 amide bonds. The van der Waals surface area contributed by atoms with Gasteiger partial charge in [0.05, 0.1) is 11.9 Å². The Morgan fingerprint density at radius 3 is 3.19 bits per heavy atom. The highest BCUT2D eigenvalue weighted by Gasteiger charge is 2.14. The zero-order chi connectivity index (χ0) is 11.4. The van der Waals surface area contributed by atoms with Gasteiger partial charge in [0.25, 0.3) is 6.43 Å². The van der Waals surface area contributed by atoms with Crippen molar-refractivity contribution in [2.45, 2.75) is 31.9 Å². The van der Waals surface area contributed by atoms with E-state index in [-0.39, 0.29) is 6.54 Å². The molecule has 2 rings (SSSR count). The van der Waals surface area contributed by atoms with E-state index in [1.54, 1.807) is 12.4 Å². The highest BCUT2D eigenvalue weighted by molar-refractivity contribution is 7.99. The lowest BCUT2D eigenvalue weighted by Crippen LogP contribution is -2.25. The van der Waals surface area contributed by atoms with E-state index < -0.39 is 6.43 Å². The molecule has 0 spiro atoms. The molecule has 1 fully saturated rings. The minimum Gasteiger partial charge on any atom is -0.379 e. The van der Waals surface area contributed by atoms with Gasteiger partial charge in [-0.05, 0) is 18.6 Å². The van der Waals surface area contributed by atoms with Gasteiger partial charge in [-0.25, -0.2) is 8.78 Å². The van der Waals surface area contributed by atoms with Gasteiger partial charge in [-0.15, -0.1) is 0 Å². The largest absolute Gasteiger partial charge is 0.379 e. The molecule has 1 aliphatic heterocycles. The fraction of sp³-hybridized carbons (Fsp3) is 0.700. The van der Waals surface area contributed by atoms with E-state index in [1.807, 2.05) is 11.8 Å². The maximum Gasteiger partial charge on any atom is 0.257 e. The maximum atomic E-state index is 12.1. The summed E-state index contributed by atoms with van der Waals surface area (Å²) in [6, 6.07) is 0.447. The van der Waals surface area contributed by atoms with Crippen molar-refractivity contribution < 1.29 is 8.78 Å². The third-order valence-electron chi connectivity index (χ3n) is 2.49. The van der Waals surface area contributed by atoms with Gasteiger partial charge in [0.2, 0.25) is 0 Å². The summed E-state index contributed by atoms with van der Waals surface area (Å²) in [6.45, 7) is -0.332. The number of halogens is 2. The van der Waals surface area contributed by atoms with Gasteiger partial charge in [0.1, 0.15) is 6.54 Å². The molecule has 2 heterocycles. The van der Waals surface area contributed by atoms with E-state index in [1.165, 1.54) is 16.9 Å². The fourth-order valence-electron chi connectivity index (χ4n) is 1.77. The Kier molecular flexibility index (Phi) is 4.04. The SMILES string of the molecule is FC(F)Cn1cc(NC2CCCSC2)cn1. The van der Waals surface area contributed by atoms with E-state index in [2.05, 4.69) is 10.4 Å². The van der Waals surface area contributed by atoms with E-state index in [4.69, 9.17) is 0 Å². The quantitative estimate of drug-likeness (QED) is 0.886. The van der Waals surface area contributed by atoms with Crippen LogP contribution in [0.4, 0.5) is 14.5 Å². The average molecular weight is 247 g/mol. The molecule has 3 nitrogen and oxygen atoms in total. The van der Waals surface area contributed by atoms with Crippen LogP contribution in [-0.4, -0.2) is 33.8 Å². The Hall–Kier alpha value is -0.780. The number of nitrogens with one attached hydrogen (secondary N) is 1. The summed E-state index contributed by atoms with van der Waals surface area (Å²) in [7, 11) is 0. The van der Waals surface area contributed by atoms with Crippen LogP contribution in [0.15, 0.2) is 12.4 Å². The summed E-state index contributed by atoms with van der Waals surface area (Å²) in [5, 5.41) is 7.21. The Morgan fingerprint density at radius 2 is 2.50 bits per heavy atom. The van der Waals surface area contributed by atoms with Crippen molar-refractivity contribution in [3.8, 4) is 0 Å².